The number of hydrogen-bond donors (Lipinski definition) is 1. The molecule has 0 fully saturated rings. The summed E-state index contributed by atoms with van der Waals surface area (Å²) in [6.45, 7) is 7.36. The SMILES string of the molecule is CCNC(c1ccc(Cl)cc1)c1ccc(C)c(C)c1. The molecule has 2 aromatic carbocycles. The van der Waals surface area contributed by atoms with Gasteiger partial charge in [0.25, 0.3) is 0 Å². The predicted molar refractivity (Wildman–Crippen MR) is 82.9 cm³/mol. The second kappa shape index (κ2) is 6.23. The van der Waals surface area contributed by atoms with E-state index in [1.165, 1.54) is 22.3 Å². The molecule has 19 heavy (non-hydrogen) atoms. The van der Waals surface area contributed by atoms with E-state index in [0.29, 0.717) is 0 Å². The first-order valence-corrected chi connectivity index (χ1v) is 7.05. The van der Waals surface area contributed by atoms with Gasteiger partial charge in [-0.3, -0.25) is 0 Å². The topological polar surface area (TPSA) is 12.0 Å². The van der Waals surface area contributed by atoms with Crippen molar-refractivity contribution in [3.05, 3.63) is 69.7 Å². The Hall–Kier alpha value is -1.31. The molecular weight excluding hydrogens is 254 g/mol. The van der Waals surface area contributed by atoms with Gasteiger partial charge in [-0.1, -0.05) is 48.9 Å². The minimum Gasteiger partial charge on any atom is -0.307 e. The molecular formula is C17H20ClN. The Labute approximate surface area is 120 Å². The van der Waals surface area contributed by atoms with Crippen LogP contribution in [0.2, 0.25) is 5.02 Å². The fourth-order valence-electron chi connectivity index (χ4n) is 2.23. The van der Waals surface area contributed by atoms with Gasteiger partial charge in [0, 0.05) is 5.02 Å². The third kappa shape index (κ3) is 3.37. The first-order chi connectivity index (χ1) is 9.11. The highest BCUT2D eigenvalue weighted by Gasteiger charge is 2.13. The molecule has 0 saturated heterocycles. The van der Waals surface area contributed by atoms with E-state index in [9.17, 15) is 0 Å². The van der Waals surface area contributed by atoms with Gasteiger partial charge in [-0.15, -0.1) is 0 Å². The third-order valence-corrected chi connectivity index (χ3v) is 3.73. The lowest BCUT2D eigenvalue weighted by atomic mass is 9.95. The zero-order valence-electron chi connectivity index (χ0n) is 11.7. The van der Waals surface area contributed by atoms with E-state index in [-0.39, 0.29) is 6.04 Å². The molecule has 0 heterocycles. The number of halogens is 1. The molecule has 0 aliphatic rings. The maximum absolute atomic E-state index is 5.97. The van der Waals surface area contributed by atoms with Crippen LogP contribution in [0, 0.1) is 13.8 Å². The summed E-state index contributed by atoms with van der Waals surface area (Å²) in [4.78, 5) is 0. The van der Waals surface area contributed by atoms with Crippen molar-refractivity contribution >= 4 is 11.6 Å². The molecule has 1 nitrogen and oxygen atoms in total. The van der Waals surface area contributed by atoms with Crippen LogP contribution >= 0.6 is 11.6 Å². The monoisotopic (exact) mass is 273 g/mol. The fourth-order valence-corrected chi connectivity index (χ4v) is 2.36. The highest BCUT2D eigenvalue weighted by molar-refractivity contribution is 6.30. The molecule has 0 bridgehead atoms. The molecule has 100 valence electrons. The fraction of sp³-hybridized carbons (Fsp3) is 0.294. The predicted octanol–water partition coefficient (Wildman–Crippen LogP) is 4.66. The smallest absolute Gasteiger partial charge is 0.0576 e. The van der Waals surface area contributed by atoms with Crippen molar-refractivity contribution in [3.8, 4) is 0 Å². The second-order valence-electron chi connectivity index (χ2n) is 4.89. The summed E-state index contributed by atoms with van der Waals surface area (Å²) in [6, 6.07) is 14.9. The Balaban J connectivity index is 2.38. The summed E-state index contributed by atoms with van der Waals surface area (Å²) >= 11 is 5.97. The van der Waals surface area contributed by atoms with Crippen LogP contribution in [-0.2, 0) is 0 Å². The van der Waals surface area contributed by atoms with Crippen molar-refractivity contribution in [3.63, 3.8) is 0 Å². The molecule has 0 aromatic heterocycles. The number of hydrogen-bond acceptors (Lipinski definition) is 1. The first kappa shape index (κ1) is 14.1. The molecule has 1 atom stereocenters. The van der Waals surface area contributed by atoms with Crippen molar-refractivity contribution in [1.82, 2.24) is 5.32 Å². The number of nitrogens with one attached hydrogen (secondary N) is 1. The average molecular weight is 274 g/mol. The van der Waals surface area contributed by atoms with Crippen molar-refractivity contribution in [2.24, 2.45) is 0 Å². The number of aryl methyl sites for hydroxylation is 2. The van der Waals surface area contributed by atoms with Gasteiger partial charge < -0.3 is 5.32 Å². The summed E-state index contributed by atoms with van der Waals surface area (Å²) in [5, 5.41) is 4.32. The Kier molecular flexibility index (Phi) is 4.62. The van der Waals surface area contributed by atoms with Crippen molar-refractivity contribution in [2.45, 2.75) is 26.8 Å². The molecule has 2 heteroatoms. The molecule has 0 amide bonds. The molecule has 2 rings (SSSR count). The van der Waals surface area contributed by atoms with E-state index in [1.807, 2.05) is 12.1 Å². The molecule has 0 aliphatic carbocycles. The lowest BCUT2D eigenvalue weighted by molar-refractivity contribution is 0.630. The van der Waals surface area contributed by atoms with E-state index in [4.69, 9.17) is 11.6 Å². The Morgan fingerprint density at radius 2 is 1.58 bits per heavy atom. The van der Waals surface area contributed by atoms with Crippen LogP contribution in [0.15, 0.2) is 42.5 Å². The maximum atomic E-state index is 5.97. The van der Waals surface area contributed by atoms with Crippen LogP contribution in [-0.4, -0.2) is 6.54 Å². The zero-order valence-corrected chi connectivity index (χ0v) is 12.5. The van der Waals surface area contributed by atoms with Gasteiger partial charge in [0.1, 0.15) is 0 Å². The highest BCUT2D eigenvalue weighted by atomic mass is 35.5. The summed E-state index contributed by atoms with van der Waals surface area (Å²) in [6.07, 6.45) is 0. The van der Waals surface area contributed by atoms with Crippen LogP contribution in [0.4, 0.5) is 0 Å². The van der Waals surface area contributed by atoms with Gasteiger partial charge in [-0.2, -0.15) is 0 Å². The van der Waals surface area contributed by atoms with Crippen molar-refractivity contribution < 1.29 is 0 Å². The molecule has 1 N–H and O–H groups in total. The lowest BCUT2D eigenvalue weighted by Crippen LogP contribution is -2.22. The maximum Gasteiger partial charge on any atom is 0.0576 e. The molecule has 0 radical (unpaired) electrons. The molecule has 0 aliphatic heterocycles. The van der Waals surface area contributed by atoms with Gasteiger partial charge >= 0.3 is 0 Å². The minimum atomic E-state index is 0.224. The Morgan fingerprint density at radius 1 is 0.947 bits per heavy atom. The van der Waals surface area contributed by atoms with E-state index in [2.05, 4.69) is 56.4 Å². The average Bonchev–Trinajstić information content (AvgIpc) is 2.41. The number of benzene rings is 2. The Bertz CT molecular complexity index is 546. The normalized spacial score (nSPS) is 12.4. The van der Waals surface area contributed by atoms with E-state index in [1.54, 1.807) is 0 Å². The van der Waals surface area contributed by atoms with E-state index < -0.39 is 0 Å². The molecule has 0 saturated carbocycles. The standard InChI is InChI=1S/C17H20ClN/c1-4-19-17(14-7-9-16(18)10-8-14)15-6-5-12(2)13(3)11-15/h5-11,17,19H,4H2,1-3H3. The van der Waals surface area contributed by atoms with E-state index >= 15 is 0 Å². The van der Waals surface area contributed by atoms with Gasteiger partial charge in [-0.25, -0.2) is 0 Å². The summed E-state index contributed by atoms with van der Waals surface area (Å²) < 4.78 is 0. The molecule has 2 aromatic rings. The van der Waals surface area contributed by atoms with Crippen LogP contribution in [0.1, 0.15) is 35.2 Å². The van der Waals surface area contributed by atoms with Crippen molar-refractivity contribution in [2.75, 3.05) is 6.54 Å². The van der Waals surface area contributed by atoms with Crippen molar-refractivity contribution in [1.29, 1.82) is 0 Å². The zero-order chi connectivity index (χ0) is 13.8. The van der Waals surface area contributed by atoms with Gasteiger partial charge in [-0.05, 0) is 54.8 Å². The first-order valence-electron chi connectivity index (χ1n) is 6.68. The molecule has 1 unspecified atom stereocenters. The number of rotatable bonds is 4. The van der Waals surface area contributed by atoms with Crippen LogP contribution in [0.25, 0.3) is 0 Å². The second-order valence-corrected chi connectivity index (χ2v) is 5.32. The lowest BCUT2D eigenvalue weighted by Gasteiger charge is -2.20. The summed E-state index contributed by atoms with van der Waals surface area (Å²) in [5.74, 6) is 0. The van der Waals surface area contributed by atoms with Gasteiger partial charge in [0.15, 0.2) is 0 Å². The third-order valence-electron chi connectivity index (χ3n) is 3.48. The summed E-state index contributed by atoms with van der Waals surface area (Å²) in [7, 11) is 0. The summed E-state index contributed by atoms with van der Waals surface area (Å²) in [5.41, 5.74) is 5.20. The Morgan fingerprint density at radius 3 is 2.16 bits per heavy atom. The van der Waals surface area contributed by atoms with Crippen LogP contribution in [0.3, 0.4) is 0 Å². The minimum absolute atomic E-state index is 0.224. The van der Waals surface area contributed by atoms with E-state index in [0.717, 1.165) is 11.6 Å². The quantitative estimate of drug-likeness (QED) is 0.855. The van der Waals surface area contributed by atoms with Gasteiger partial charge in [0.2, 0.25) is 0 Å². The van der Waals surface area contributed by atoms with Gasteiger partial charge in [0.05, 0.1) is 6.04 Å². The van der Waals surface area contributed by atoms with Crippen LogP contribution in [0.5, 0.6) is 0 Å². The largest absolute Gasteiger partial charge is 0.307 e. The highest BCUT2D eigenvalue weighted by Crippen LogP contribution is 2.25. The molecule has 0 spiro atoms. The van der Waals surface area contributed by atoms with Crippen LogP contribution < -0.4 is 5.32 Å².